The molecule has 0 fully saturated rings. The Hall–Kier alpha value is -1.02. The van der Waals surface area contributed by atoms with Gasteiger partial charge >= 0.3 is 0 Å². The first-order valence-electron chi connectivity index (χ1n) is 4.33. The van der Waals surface area contributed by atoms with Crippen LogP contribution in [-0.4, -0.2) is 19.0 Å². The van der Waals surface area contributed by atoms with Gasteiger partial charge in [0.1, 0.15) is 0 Å². The minimum atomic E-state index is 0.959. The second-order valence-electron chi connectivity index (χ2n) is 2.76. The minimum absolute atomic E-state index is 0.959. The third-order valence-corrected chi connectivity index (χ3v) is 2.25. The molecule has 76 valence electrons. The zero-order chi connectivity index (χ0) is 11.0. The van der Waals surface area contributed by atoms with E-state index in [1.807, 2.05) is 31.4 Å². The average molecular weight is 207 g/mol. The molecule has 0 aliphatic carbocycles. The van der Waals surface area contributed by atoms with Crippen LogP contribution in [0.1, 0.15) is 6.92 Å². The first-order chi connectivity index (χ1) is 6.65. The van der Waals surface area contributed by atoms with Crippen LogP contribution >= 0.6 is 11.8 Å². The molecule has 0 aliphatic rings. The zero-order valence-electron chi connectivity index (χ0n) is 9.08. The molecule has 0 bridgehead atoms. The van der Waals surface area contributed by atoms with Gasteiger partial charge in [0.15, 0.2) is 0 Å². The highest BCUT2D eigenvalue weighted by Gasteiger charge is 2.00. The van der Waals surface area contributed by atoms with Gasteiger partial charge in [-0.2, -0.15) is 0 Å². The maximum atomic E-state index is 4.20. The van der Waals surface area contributed by atoms with Crippen molar-refractivity contribution in [3.05, 3.63) is 47.9 Å². The maximum absolute atomic E-state index is 4.20. The Morgan fingerprint density at radius 1 is 1.43 bits per heavy atom. The molecule has 1 nitrogen and oxygen atoms in total. The lowest BCUT2D eigenvalue weighted by atomic mass is 10.2. The summed E-state index contributed by atoms with van der Waals surface area (Å²) in [6.07, 6.45) is 9.62. The van der Waals surface area contributed by atoms with Gasteiger partial charge in [-0.3, -0.25) is 4.99 Å². The summed E-state index contributed by atoms with van der Waals surface area (Å²) in [5.74, 6) is 0. The van der Waals surface area contributed by atoms with Gasteiger partial charge in [0.25, 0.3) is 0 Å². The second kappa shape index (κ2) is 7.39. The van der Waals surface area contributed by atoms with E-state index in [1.165, 1.54) is 0 Å². The van der Waals surface area contributed by atoms with Crippen LogP contribution in [0.25, 0.3) is 0 Å². The van der Waals surface area contributed by atoms with E-state index < -0.39 is 0 Å². The fourth-order valence-electron chi connectivity index (χ4n) is 0.887. The number of allylic oxidation sites excluding steroid dienone is 6. The van der Waals surface area contributed by atoms with Crippen molar-refractivity contribution in [2.75, 3.05) is 13.3 Å². The van der Waals surface area contributed by atoms with Gasteiger partial charge in [-0.1, -0.05) is 30.9 Å². The van der Waals surface area contributed by atoms with Crippen molar-refractivity contribution in [2.45, 2.75) is 6.92 Å². The van der Waals surface area contributed by atoms with E-state index in [4.69, 9.17) is 0 Å². The third-order valence-electron chi connectivity index (χ3n) is 1.48. The molecule has 0 saturated carbocycles. The molecule has 2 heteroatoms. The number of nitrogens with zero attached hydrogens (tertiary/aromatic N) is 1. The number of rotatable bonds is 5. The summed E-state index contributed by atoms with van der Waals surface area (Å²) in [6, 6.07) is 0. The van der Waals surface area contributed by atoms with Gasteiger partial charge in [-0.05, 0) is 25.3 Å². The van der Waals surface area contributed by atoms with Crippen molar-refractivity contribution < 1.29 is 0 Å². The molecule has 0 rings (SSSR count). The van der Waals surface area contributed by atoms with Gasteiger partial charge < -0.3 is 0 Å². The number of aliphatic imine (C=N–C) groups is 1. The van der Waals surface area contributed by atoms with Crippen molar-refractivity contribution in [3.63, 3.8) is 0 Å². The molecular weight excluding hydrogens is 190 g/mol. The Morgan fingerprint density at radius 2 is 2.07 bits per heavy atom. The molecule has 0 aromatic rings. The van der Waals surface area contributed by atoms with Crippen LogP contribution in [0.3, 0.4) is 0 Å². The molecular formula is C12H17NS. The summed E-state index contributed by atoms with van der Waals surface area (Å²) in [5, 5.41) is 0. The van der Waals surface area contributed by atoms with Crippen LogP contribution in [0.2, 0.25) is 0 Å². The van der Waals surface area contributed by atoms with E-state index in [9.17, 15) is 0 Å². The van der Waals surface area contributed by atoms with Crippen molar-refractivity contribution in [2.24, 2.45) is 4.99 Å². The average Bonchev–Trinajstić information content (AvgIpc) is 2.16. The molecule has 14 heavy (non-hydrogen) atoms. The molecule has 0 saturated heterocycles. The topological polar surface area (TPSA) is 12.4 Å². The van der Waals surface area contributed by atoms with Crippen molar-refractivity contribution in [3.8, 4) is 0 Å². The molecule has 0 aliphatic heterocycles. The first kappa shape index (κ1) is 13.0. The van der Waals surface area contributed by atoms with Gasteiger partial charge in [0.2, 0.25) is 0 Å². The number of hydrogen-bond donors (Lipinski definition) is 0. The molecule has 0 atom stereocenters. The standard InChI is InChI=1S/C12H17NS/c1-6-7-8-11(13-4)12(14-5)9-10(2)3/h6-9H,1-2H2,3-5H3/b8-7-,12-9-,13-11?. The monoisotopic (exact) mass is 207 g/mol. The van der Waals surface area contributed by atoms with Gasteiger partial charge in [-0.15, -0.1) is 11.8 Å². The highest BCUT2D eigenvalue weighted by molar-refractivity contribution is 8.03. The van der Waals surface area contributed by atoms with E-state index in [1.54, 1.807) is 24.9 Å². The van der Waals surface area contributed by atoms with Crippen molar-refractivity contribution in [1.29, 1.82) is 0 Å². The lowest BCUT2D eigenvalue weighted by molar-refractivity contribution is 1.44. The quantitative estimate of drug-likeness (QED) is 0.495. The Morgan fingerprint density at radius 3 is 2.43 bits per heavy atom. The minimum Gasteiger partial charge on any atom is -0.288 e. The zero-order valence-corrected chi connectivity index (χ0v) is 9.90. The highest BCUT2D eigenvalue weighted by atomic mass is 32.2. The summed E-state index contributed by atoms with van der Waals surface area (Å²) in [5.41, 5.74) is 1.99. The molecule has 0 aromatic carbocycles. The Balaban J connectivity index is 4.90. The van der Waals surface area contributed by atoms with Crippen LogP contribution in [0.5, 0.6) is 0 Å². The number of hydrogen-bond acceptors (Lipinski definition) is 2. The third kappa shape index (κ3) is 4.87. The largest absolute Gasteiger partial charge is 0.288 e. The molecule has 0 aromatic heterocycles. The predicted octanol–water partition coefficient (Wildman–Crippen LogP) is 3.62. The molecule has 0 amide bonds. The van der Waals surface area contributed by atoms with E-state index in [0.717, 1.165) is 16.2 Å². The summed E-state index contributed by atoms with van der Waals surface area (Å²) in [4.78, 5) is 5.32. The summed E-state index contributed by atoms with van der Waals surface area (Å²) in [7, 11) is 1.78. The Bertz CT molecular complexity index is 295. The first-order valence-corrected chi connectivity index (χ1v) is 5.55. The fourth-order valence-corrected chi connectivity index (χ4v) is 1.57. The van der Waals surface area contributed by atoms with Gasteiger partial charge in [0.05, 0.1) is 5.71 Å². The molecule has 0 N–H and O–H groups in total. The second-order valence-corrected chi connectivity index (χ2v) is 3.61. The SMILES string of the molecule is C=C/C=C\C(=NC)/C(=C/C(=C)C)SC. The normalized spacial score (nSPS) is 13.4. The number of thioether (sulfide) groups is 1. The van der Waals surface area contributed by atoms with E-state index >= 15 is 0 Å². The summed E-state index contributed by atoms with van der Waals surface area (Å²) < 4.78 is 0. The highest BCUT2D eigenvalue weighted by Crippen LogP contribution is 2.16. The van der Waals surface area contributed by atoms with Crippen molar-refractivity contribution in [1.82, 2.24) is 0 Å². The maximum Gasteiger partial charge on any atom is 0.0706 e. The van der Waals surface area contributed by atoms with Crippen LogP contribution in [0, 0.1) is 0 Å². The van der Waals surface area contributed by atoms with Gasteiger partial charge in [0, 0.05) is 12.0 Å². The molecule has 0 spiro atoms. The van der Waals surface area contributed by atoms with Crippen molar-refractivity contribution >= 4 is 17.5 Å². The Kier molecular flexibility index (Phi) is 6.85. The molecule has 0 heterocycles. The van der Waals surface area contributed by atoms with E-state index in [-0.39, 0.29) is 0 Å². The smallest absolute Gasteiger partial charge is 0.0706 e. The van der Waals surface area contributed by atoms with E-state index in [2.05, 4.69) is 18.2 Å². The molecule has 0 unspecified atom stereocenters. The van der Waals surface area contributed by atoms with Crippen LogP contribution in [-0.2, 0) is 0 Å². The summed E-state index contributed by atoms with van der Waals surface area (Å²) >= 11 is 1.67. The molecule has 0 radical (unpaired) electrons. The van der Waals surface area contributed by atoms with Crippen LogP contribution in [0.15, 0.2) is 52.9 Å². The van der Waals surface area contributed by atoms with Crippen LogP contribution < -0.4 is 0 Å². The van der Waals surface area contributed by atoms with Crippen LogP contribution in [0.4, 0.5) is 0 Å². The summed E-state index contributed by atoms with van der Waals surface area (Å²) in [6.45, 7) is 9.45. The fraction of sp³-hybridized carbons (Fsp3) is 0.250. The van der Waals surface area contributed by atoms with E-state index in [0.29, 0.717) is 0 Å². The predicted molar refractivity (Wildman–Crippen MR) is 69.1 cm³/mol. The Labute approximate surface area is 91.0 Å². The lowest BCUT2D eigenvalue weighted by Gasteiger charge is -2.03. The van der Waals surface area contributed by atoms with Gasteiger partial charge in [-0.25, -0.2) is 0 Å². The lowest BCUT2D eigenvalue weighted by Crippen LogP contribution is -1.95.